The molecule has 0 bridgehead atoms. The van der Waals surface area contributed by atoms with Crippen LogP contribution in [0.15, 0.2) is 0 Å². The number of hydrogen-bond donors (Lipinski definition) is 1. The van der Waals surface area contributed by atoms with Crippen LogP contribution in [0.3, 0.4) is 0 Å². The smallest absolute Gasteiger partial charge is 0.0874 e. The van der Waals surface area contributed by atoms with Crippen molar-refractivity contribution in [2.75, 3.05) is 0 Å². The molecule has 1 rings (SSSR count). The quantitative estimate of drug-likeness (QED) is 0.536. The van der Waals surface area contributed by atoms with Gasteiger partial charge in [-0.05, 0) is 0 Å². The Bertz CT molecular complexity index is 100.0. The number of nitrogens with two attached hydrogens (primary N) is 1. The topological polar surface area (TPSA) is 35.2 Å². The van der Waals surface area contributed by atoms with Gasteiger partial charge in [0.2, 0.25) is 0 Å². The van der Waals surface area contributed by atoms with E-state index in [-0.39, 0.29) is 17.7 Å². The molecular weight excluding hydrogens is 171 g/mol. The first-order chi connectivity index (χ1) is 4.13. The molecule has 5 heteroatoms. The van der Waals surface area contributed by atoms with Gasteiger partial charge < -0.3 is 10.5 Å². The Morgan fingerprint density at radius 3 is 1.78 bits per heavy atom. The molecular formula is C4H12NOP3. The van der Waals surface area contributed by atoms with E-state index in [1.165, 1.54) is 0 Å². The van der Waals surface area contributed by atoms with Gasteiger partial charge in [-0.3, -0.25) is 0 Å². The van der Waals surface area contributed by atoms with Crippen LogP contribution in [-0.2, 0) is 4.74 Å². The van der Waals surface area contributed by atoms with E-state index in [1.54, 1.807) is 0 Å². The Morgan fingerprint density at radius 2 is 1.67 bits per heavy atom. The molecule has 0 aromatic rings. The van der Waals surface area contributed by atoms with Gasteiger partial charge in [0.15, 0.2) is 0 Å². The van der Waals surface area contributed by atoms with E-state index in [1.807, 2.05) is 0 Å². The zero-order valence-electron chi connectivity index (χ0n) is 5.03. The predicted molar refractivity (Wildman–Crippen MR) is 49.6 cm³/mol. The molecule has 0 radical (unpaired) electrons. The number of ether oxygens (including phenoxy) is 1. The molecule has 0 saturated carbocycles. The summed E-state index contributed by atoms with van der Waals surface area (Å²) in [6.45, 7) is 0. The second-order valence-corrected chi connectivity index (χ2v) is 4.30. The predicted octanol–water partition coefficient (Wildman–Crippen LogP) is -0.0100. The first-order valence-corrected chi connectivity index (χ1v) is 4.80. The Morgan fingerprint density at radius 1 is 1.11 bits per heavy atom. The van der Waals surface area contributed by atoms with Gasteiger partial charge in [0.05, 0.1) is 11.7 Å². The third-order valence-electron chi connectivity index (χ3n) is 1.52. The van der Waals surface area contributed by atoms with E-state index in [0.717, 1.165) is 0 Å². The van der Waals surface area contributed by atoms with Gasteiger partial charge in [0.1, 0.15) is 0 Å². The minimum absolute atomic E-state index is 0.120. The molecule has 2 N–H and O–H groups in total. The van der Waals surface area contributed by atoms with Crippen LogP contribution in [-0.4, -0.2) is 23.4 Å². The molecule has 1 heterocycles. The molecule has 1 aliphatic rings. The first kappa shape index (κ1) is 8.31. The lowest BCUT2D eigenvalue weighted by atomic mass is 10.3. The van der Waals surface area contributed by atoms with Crippen molar-refractivity contribution >= 4 is 27.7 Å². The minimum atomic E-state index is 0.120. The van der Waals surface area contributed by atoms with Gasteiger partial charge in [-0.1, -0.05) is 0 Å². The highest BCUT2D eigenvalue weighted by atomic mass is 31.0. The molecule has 0 aliphatic carbocycles. The van der Waals surface area contributed by atoms with Crippen molar-refractivity contribution in [3.63, 3.8) is 0 Å². The van der Waals surface area contributed by atoms with Crippen LogP contribution in [0, 0.1) is 0 Å². The Labute approximate surface area is 62.3 Å². The van der Waals surface area contributed by atoms with Crippen molar-refractivity contribution in [1.29, 1.82) is 0 Å². The third-order valence-corrected chi connectivity index (χ3v) is 3.99. The number of hydrogen-bond acceptors (Lipinski definition) is 2. The second-order valence-electron chi connectivity index (χ2n) is 2.22. The summed E-state index contributed by atoms with van der Waals surface area (Å²) < 4.78 is 5.37. The van der Waals surface area contributed by atoms with Crippen molar-refractivity contribution < 1.29 is 4.74 Å². The van der Waals surface area contributed by atoms with Crippen molar-refractivity contribution in [2.24, 2.45) is 5.73 Å². The van der Waals surface area contributed by atoms with Crippen LogP contribution >= 0.6 is 27.7 Å². The van der Waals surface area contributed by atoms with Crippen molar-refractivity contribution in [3.8, 4) is 0 Å². The molecule has 1 saturated heterocycles. The normalized spacial score (nSPS) is 52.0. The van der Waals surface area contributed by atoms with Crippen LogP contribution in [0.5, 0.6) is 0 Å². The molecule has 7 unspecified atom stereocenters. The molecule has 54 valence electrons. The Hall–Kier alpha value is 1.21. The van der Waals surface area contributed by atoms with Gasteiger partial charge in [-0.2, -0.15) is 0 Å². The average molecular weight is 183 g/mol. The minimum Gasteiger partial charge on any atom is -0.365 e. The molecule has 7 atom stereocenters. The Kier molecular flexibility index (Phi) is 2.84. The standard InChI is InChI=1S/C4H12NOP3/c5-1-2(7)4(9)6-3(1)8/h1-4H,5,7-9H2. The van der Waals surface area contributed by atoms with E-state index < -0.39 is 0 Å². The molecule has 0 aromatic carbocycles. The van der Waals surface area contributed by atoms with Gasteiger partial charge in [0.25, 0.3) is 0 Å². The van der Waals surface area contributed by atoms with Crippen LogP contribution in [0.4, 0.5) is 0 Å². The summed E-state index contributed by atoms with van der Waals surface area (Å²) in [5.41, 5.74) is 6.10. The molecule has 0 spiro atoms. The van der Waals surface area contributed by atoms with Crippen LogP contribution in [0.25, 0.3) is 0 Å². The molecule has 0 aromatic heterocycles. The van der Waals surface area contributed by atoms with Gasteiger partial charge in [-0.15, -0.1) is 27.7 Å². The second kappa shape index (κ2) is 3.07. The van der Waals surface area contributed by atoms with Gasteiger partial charge in [0, 0.05) is 11.7 Å². The average Bonchev–Trinajstić information content (AvgIpc) is 1.98. The summed E-state index contributed by atoms with van der Waals surface area (Å²) in [6.07, 6.45) is 0. The maximum atomic E-state index is 5.73. The highest BCUT2D eigenvalue weighted by Gasteiger charge is 2.34. The summed E-state index contributed by atoms with van der Waals surface area (Å²) in [5.74, 6) is 0.322. The van der Waals surface area contributed by atoms with E-state index in [9.17, 15) is 0 Å². The Balaban J connectivity index is 2.54. The molecule has 9 heavy (non-hydrogen) atoms. The lowest BCUT2D eigenvalue weighted by Crippen LogP contribution is -2.33. The highest BCUT2D eigenvalue weighted by Crippen LogP contribution is 2.32. The highest BCUT2D eigenvalue weighted by molar-refractivity contribution is 7.23. The monoisotopic (exact) mass is 183 g/mol. The molecule has 2 nitrogen and oxygen atoms in total. The summed E-state index contributed by atoms with van der Waals surface area (Å²) in [7, 11) is 7.90. The zero-order chi connectivity index (χ0) is 7.02. The molecule has 1 aliphatic heterocycles. The van der Waals surface area contributed by atoms with Crippen molar-refractivity contribution in [1.82, 2.24) is 0 Å². The van der Waals surface area contributed by atoms with Crippen LogP contribution in [0.1, 0.15) is 0 Å². The summed E-state index contributed by atoms with van der Waals surface area (Å²) in [6, 6.07) is 0.141. The maximum Gasteiger partial charge on any atom is 0.0874 e. The van der Waals surface area contributed by atoms with Gasteiger partial charge >= 0.3 is 0 Å². The van der Waals surface area contributed by atoms with Gasteiger partial charge in [-0.25, -0.2) is 0 Å². The maximum absolute atomic E-state index is 5.73. The first-order valence-electron chi connectivity index (χ1n) is 2.80. The SMILES string of the molecule is NC1C(P)OC(P)C1P. The largest absolute Gasteiger partial charge is 0.365 e. The lowest BCUT2D eigenvalue weighted by Gasteiger charge is -2.10. The van der Waals surface area contributed by atoms with E-state index in [0.29, 0.717) is 5.66 Å². The summed E-state index contributed by atoms with van der Waals surface area (Å²) >= 11 is 0. The molecule has 1 fully saturated rings. The summed E-state index contributed by atoms with van der Waals surface area (Å²) in [4.78, 5) is 0. The van der Waals surface area contributed by atoms with E-state index in [4.69, 9.17) is 10.5 Å². The van der Waals surface area contributed by atoms with E-state index in [2.05, 4.69) is 27.7 Å². The summed E-state index contributed by atoms with van der Waals surface area (Å²) in [5, 5.41) is 0. The molecule has 0 amide bonds. The van der Waals surface area contributed by atoms with Crippen LogP contribution < -0.4 is 5.73 Å². The lowest BCUT2D eigenvalue weighted by molar-refractivity contribution is 0.146. The van der Waals surface area contributed by atoms with Crippen LogP contribution in [0.2, 0.25) is 0 Å². The zero-order valence-corrected chi connectivity index (χ0v) is 8.49. The fraction of sp³-hybridized carbons (Fsp3) is 1.00. The third kappa shape index (κ3) is 1.62. The van der Waals surface area contributed by atoms with Crippen molar-refractivity contribution in [3.05, 3.63) is 0 Å². The number of rotatable bonds is 0. The van der Waals surface area contributed by atoms with Crippen molar-refractivity contribution in [2.45, 2.75) is 23.4 Å². The fourth-order valence-electron chi connectivity index (χ4n) is 0.801. The van der Waals surface area contributed by atoms with E-state index >= 15 is 0 Å². The fourth-order valence-corrected chi connectivity index (χ4v) is 2.42.